The zero-order chi connectivity index (χ0) is 16.5. The first kappa shape index (κ1) is 15.1. The Morgan fingerprint density at radius 1 is 0.792 bits per heavy atom. The van der Waals surface area contributed by atoms with E-state index in [1.807, 2.05) is 48.8 Å². The SMILES string of the molecule is Clc1ccc(-c2nc(-c3cc[nH]c3)[nH]c2-c2ccccc2)cc1Cl. The topological polar surface area (TPSA) is 44.5 Å². The molecule has 2 aromatic carbocycles. The average molecular weight is 354 g/mol. The molecule has 0 unspecified atom stereocenters. The third kappa shape index (κ3) is 2.73. The fourth-order valence-electron chi connectivity index (χ4n) is 2.65. The van der Waals surface area contributed by atoms with E-state index >= 15 is 0 Å². The lowest BCUT2D eigenvalue weighted by Gasteiger charge is -2.04. The third-order valence-electron chi connectivity index (χ3n) is 3.83. The van der Waals surface area contributed by atoms with E-state index in [0.29, 0.717) is 10.0 Å². The van der Waals surface area contributed by atoms with Crippen LogP contribution in [0.3, 0.4) is 0 Å². The molecular weight excluding hydrogens is 341 g/mol. The molecule has 0 bridgehead atoms. The summed E-state index contributed by atoms with van der Waals surface area (Å²) in [5.74, 6) is 0.802. The fraction of sp³-hybridized carbons (Fsp3) is 0. The molecule has 0 atom stereocenters. The van der Waals surface area contributed by atoms with E-state index in [9.17, 15) is 0 Å². The number of hydrogen-bond acceptors (Lipinski definition) is 1. The molecule has 0 spiro atoms. The predicted octanol–water partition coefficient (Wildman–Crippen LogP) is 6.05. The highest BCUT2D eigenvalue weighted by atomic mass is 35.5. The molecule has 4 aromatic rings. The summed E-state index contributed by atoms with van der Waals surface area (Å²) in [5.41, 5.74) is 4.77. The maximum absolute atomic E-state index is 6.19. The van der Waals surface area contributed by atoms with Gasteiger partial charge in [0.1, 0.15) is 5.82 Å². The van der Waals surface area contributed by atoms with Crippen molar-refractivity contribution in [1.29, 1.82) is 0 Å². The Bertz CT molecular complexity index is 973. The Morgan fingerprint density at radius 3 is 2.33 bits per heavy atom. The molecular formula is C19H13Cl2N3. The van der Waals surface area contributed by atoms with Crippen LogP contribution in [0.2, 0.25) is 10.0 Å². The van der Waals surface area contributed by atoms with Crippen molar-refractivity contribution in [2.75, 3.05) is 0 Å². The molecule has 118 valence electrons. The molecule has 2 aromatic heterocycles. The van der Waals surface area contributed by atoms with Gasteiger partial charge in [-0.15, -0.1) is 0 Å². The summed E-state index contributed by atoms with van der Waals surface area (Å²) in [7, 11) is 0. The molecule has 0 saturated heterocycles. The maximum Gasteiger partial charge on any atom is 0.140 e. The van der Waals surface area contributed by atoms with Crippen LogP contribution in [0.4, 0.5) is 0 Å². The molecule has 0 saturated carbocycles. The number of rotatable bonds is 3. The number of H-pyrrole nitrogens is 2. The molecule has 0 aliphatic rings. The van der Waals surface area contributed by atoms with E-state index in [0.717, 1.165) is 33.9 Å². The van der Waals surface area contributed by atoms with Crippen LogP contribution in [0.25, 0.3) is 33.9 Å². The summed E-state index contributed by atoms with van der Waals surface area (Å²) in [6.07, 6.45) is 3.78. The van der Waals surface area contributed by atoms with Gasteiger partial charge in [-0.2, -0.15) is 0 Å². The minimum absolute atomic E-state index is 0.513. The van der Waals surface area contributed by atoms with Gasteiger partial charge in [0.15, 0.2) is 0 Å². The van der Waals surface area contributed by atoms with Crippen molar-refractivity contribution in [2.45, 2.75) is 0 Å². The molecule has 0 fully saturated rings. The molecule has 24 heavy (non-hydrogen) atoms. The Balaban J connectivity index is 1.92. The Hall–Kier alpha value is -2.49. The van der Waals surface area contributed by atoms with Gasteiger partial charge in [0.25, 0.3) is 0 Å². The van der Waals surface area contributed by atoms with E-state index in [-0.39, 0.29) is 0 Å². The van der Waals surface area contributed by atoms with Crippen LogP contribution in [-0.2, 0) is 0 Å². The largest absolute Gasteiger partial charge is 0.367 e. The molecule has 0 aliphatic carbocycles. The predicted molar refractivity (Wildman–Crippen MR) is 99.3 cm³/mol. The van der Waals surface area contributed by atoms with Gasteiger partial charge in [-0.3, -0.25) is 0 Å². The van der Waals surface area contributed by atoms with E-state index in [1.165, 1.54) is 0 Å². The summed E-state index contributed by atoms with van der Waals surface area (Å²) < 4.78 is 0. The second-order valence-electron chi connectivity index (χ2n) is 5.40. The minimum Gasteiger partial charge on any atom is -0.367 e. The van der Waals surface area contributed by atoms with Crippen LogP contribution >= 0.6 is 23.2 Å². The van der Waals surface area contributed by atoms with E-state index in [1.54, 1.807) is 6.07 Å². The van der Waals surface area contributed by atoms with Gasteiger partial charge in [0.05, 0.1) is 21.4 Å². The molecule has 2 heterocycles. The normalized spacial score (nSPS) is 10.9. The fourth-order valence-corrected chi connectivity index (χ4v) is 2.95. The maximum atomic E-state index is 6.19. The zero-order valence-corrected chi connectivity index (χ0v) is 14.1. The monoisotopic (exact) mass is 353 g/mol. The first-order valence-corrected chi connectivity index (χ1v) is 8.22. The summed E-state index contributed by atoms with van der Waals surface area (Å²) in [4.78, 5) is 11.3. The van der Waals surface area contributed by atoms with Crippen molar-refractivity contribution in [3.05, 3.63) is 77.0 Å². The van der Waals surface area contributed by atoms with Gasteiger partial charge in [0, 0.05) is 29.1 Å². The minimum atomic E-state index is 0.513. The first-order valence-electron chi connectivity index (χ1n) is 7.46. The molecule has 4 rings (SSSR count). The highest BCUT2D eigenvalue weighted by molar-refractivity contribution is 6.42. The van der Waals surface area contributed by atoms with E-state index in [2.05, 4.69) is 22.1 Å². The summed E-state index contributed by atoms with van der Waals surface area (Å²) in [6, 6.07) is 17.6. The van der Waals surface area contributed by atoms with Crippen LogP contribution in [0, 0.1) is 0 Å². The van der Waals surface area contributed by atoms with Crippen LogP contribution in [0.15, 0.2) is 67.0 Å². The molecule has 5 heteroatoms. The van der Waals surface area contributed by atoms with Crippen molar-refractivity contribution < 1.29 is 0 Å². The summed E-state index contributed by atoms with van der Waals surface area (Å²) >= 11 is 12.2. The van der Waals surface area contributed by atoms with Crippen molar-refractivity contribution in [1.82, 2.24) is 15.0 Å². The Labute approximate surface area is 149 Å². The number of halogens is 2. The van der Waals surface area contributed by atoms with Crippen LogP contribution < -0.4 is 0 Å². The van der Waals surface area contributed by atoms with E-state index < -0.39 is 0 Å². The lowest BCUT2D eigenvalue weighted by molar-refractivity contribution is 1.31. The zero-order valence-electron chi connectivity index (χ0n) is 12.6. The van der Waals surface area contributed by atoms with Crippen molar-refractivity contribution in [2.24, 2.45) is 0 Å². The highest BCUT2D eigenvalue weighted by Crippen LogP contribution is 2.35. The molecule has 0 amide bonds. The average Bonchev–Trinajstić information content (AvgIpc) is 3.27. The second-order valence-corrected chi connectivity index (χ2v) is 6.22. The van der Waals surface area contributed by atoms with Crippen molar-refractivity contribution in [3.8, 4) is 33.9 Å². The van der Waals surface area contributed by atoms with Gasteiger partial charge >= 0.3 is 0 Å². The number of aromatic nitrogens is 3. The highest BCUT2D eigenvalue weighted by Gasteiger charge is 2.16. The molecule has 3 nitrogen and oxygen atoms in total. The van der Waals surface area contributed by atoms with Crippen LogP contribution in [-0.4, -0.2) is 15.0 Å². The quantitative estimate of drug-likeness (QED) is 0.462. The third-order valence-corrected chi connectivity index (χ3v) is 4.57. The number of nitrogens with zero attached hydrogens (tertiary/aromatic N) is 1. The second kappa shape index (κ2) is 6.19. The number of benzene rings is 2. The van der Waals surface area contributed by atoms with Crippen LogP contribution in [0.1, 0.15) is 0 Å². The number of nitrogens with one attached hydrogen (secondary N) is 2. The van der Waals surface area contributed by atoms with Gasteiger partial charge < -0.3 is 9.97 Å². The number of imidazole rings is 1. The van der Waals surface area contributed by atoms with Gasteiger partial charge in [-0.05, 0) is 18.2 Å². The van der Waals surface area contributed by atoms with Gasteiger partial charge in [0.2, 0.25) is 0 Å². The van der Waals surface area contributed by atoms with Gasteiger partial charge in [-0.25, -0.2) is 4.98 Å². The standard InChI is InChI=1S/C19H13Cl2N3/c20-15-7-6-13(10-16(15)21)18-17(12-4-2-1-3-5-12)23-19(24-18)14-8-9-22-11-14/h1-11,22H,(H,23,24). The van der Waals surface area contributed by atoms with E-state index in [4.69, 9.17) is 28.2 Å². The van der Waals surface area contributed by atoms with Crippen molar-refractivity contribution >= 4 is 23.2 Å². The molecule has 0 radical (unpaired) electrons. The lowest BCUT2D eigenvalue weighted by Crippen LogP contribution is -1.84. The van der Waals surface area contributed by atoms with Crippen LogP contribution in [0.5, 0.6) is 0 Å². The number of aromatic amines is 2. The molecule has 2 N–H and O–H groups in total. The molecule has 0 aliphatic heterocycles. The Kier molecular flexibility index (Phi) is 3.89. The first-order chi connectivity index (χ1) is 11.7. The number of hydrogen-bond donors (Lipinski definition) is 2. The summed E-state index contributed by atoms with van der Waals surface area (Å²) in [6.45, 7) is 0. The Morgan fingerprint density at radius 2 is 1.62 bits per heavy atom. The van der Waals surface area contributed by atoms with Crippen molar-refractivity contribution in [3.63, 3.8) is 0 Å². The summed E-state index contributed by atoms with van der Waals surface area (Å²) in [5, 5.41) is 1.04. The van der Waals surface area contributed by atoms with Gasteiger partial charge in [-0.1, -0.05) is 59.6 Å². The lowest BCUT2D eigenvalue weighted by atomic mass is 10.1. The smallest absolute Gasteiger partial charge is 0.140 e.